The van der Waals surface area contributed by atoms with E-state index in [1.165, 1.54) is 58.2 Å². The van der Waals surface area contributed by atoms with Crippen molar-refractivity contribution in [2.75, 3.05) is 32.8 Å². The van der Waals surface area contributed by atoms with Crippen molar-refractivity contribution in [2.45, 2.75) is 44.6 Å². The van der Waals surface area contributed by atoms with Crippen LogP contribution >= 0.6 is 0 Å². The van der Waals surface area contributed by atoms with Gasteiger partial charge < -0.3 is 15.4 Å². The zero-order valence-corrected chi connectivity index (χ0v) is 12.2. The van der Waals surface area contributed by atoms with Crippen LogP contribution in [-0.4, -0.2) is 43.8 Å². The third-order valence-electron chi connectivity index (χ3n) is 4.65. The molecule has 1 saturated heterocycles. The number of rotatable bonds is 6. The van der Waals surface area contributed by atoms with E-state index in [0.717, 1.165) is 12.5 Å². The number of piperidine rings is 1. The number of hydrogen-bond acceptors (Lipinski definition) is 3. The minimum Gasteiger partial charge on any atom is -0.377 e. The molecular formula is C16H30N2O. The van der Waals surface area contributed by atoms with E-state index < -0.39 is 0 Å². The number of nitrogens with two attached hydrogens (primary N) is 1. The van der Waals surface area contributed by atoms with Gasteiger partial charge in [0.1, 0.15) is 0 Å². The molecule has 0 aromatic heterocycles. The maximum atomic E-state index is 6.27. The second-order valence-corrected chi connectivity index (χ2v) is 6.30. The van der Waals surface area contributed by atoms with Crippen molar-refractivity contribution in [3.05, 3.63) is 12.7 Å². The molecule has 0 aromatic carbocycles. The second kappa shape index (κ2) is 8.03. The Hall–Kier alpha value is -0.380. The molecule has 1 saturated carbocycles. The Morgan fingerprint density at radius 1 is 1.21 bits per heavy atom. The summed E-state index contributed by atoms with van der Waals surface area (Å²) in [5.41, 5.74) is 6.27. The average Bonchev–Trinajstić information content (AvgIpc) is 2.42. The Morgan fingerprint density at radius 3 is 2.84 bits per heavy atom. The zero-order valence-electron chi connectivity index (χ0n) is 12.2. The summed E-state index contributed by atoms with van der Waals surface area (Å²) in [6.07, 6.45) is 9.71. The maximum absolute atomic E-state index is 6.27. The molecule has 2 rings (SSSR count). The molecule has 110 valence electrons. The molecule has 1 heterocycles. The van der Waals surface area contributed by atoms with Crippen molar-refractivity contribution in [1.82, 2.24) is 4.90 Å². The average molecular weight is 266 g/mol. The van der Waals surface area contributed by atoms with Gasteiger partial charge in [0, 0.05) is 19.1 Å². The molecule has 1 aliphatic heterocycles. The smallest absolute Gasteiger partial charge is 0.0644 e. The lowest BCUT2D eigenvalue weighted by Gasteiger charge is -2.38. The maximum Gasteiger partial charge on any atom is 0.0644 e. The van der Waals surface area contributed by atoms with Gasteiger partial charge in [0.15, 0.2) is 0 Å². The first-order valence-electron chi connectivity index (χ1n) is 7.96. The molecule has 0 radical (unpaired) electrons. The highest BCUT2D eigenvalue weighted by Crippen LogP contribution is 2.26. The van der Waals surface area contributed by atoms with Crippen molar-refractivity contribution >= 4 is 0 Å². The molecule has 0 unspecified atom stereocenters. The lowest BCUT2D eigenvalue weighted by Crippen LogP contribution is -2.45. The molecular weight excluding hydrogens is 236 g/mol. The molecule has 2 fully saturated rings. The fourth-order valence-electron chi connectivity index (χ4n) is 3.57. The lowest BCUT2D eigenvalue weighted by atomic mass is 9.84. The van der Waals surface area contributed by atoms with E-state index in [2.05, 4.69) is 11.5 Å². The first kappa shape index (κ1) is 15.0. The number of likely N-dealkylation sites (tertiary alicyclic amines) is 1. The summed E-state index contributed by atoms with van der Waals surface area (Å²) in [6, 6.07) is 0.436. The van der Waals surface area contributed by atoms with E-state index in [4.69, 9.17) is 10.5 Å². The number of nitrogens with zero attached hydrogens (tertiary/aromatic N) is 1. The summed E-state index contributed by atoms with van der Waals surface area (Å²) >= 11 is 0. The van der Waals surface area contributed by atoms with Crippen molar-refractivity contribution < 1.29 is 4.74 Å². The van der Waals surface area contributed by atoms with E-state index in [9.17, 15) is 0 Å². The molecule has 0 bridgehead atoms. The molecule has 3 atom stereocenters. The third-order valence-corrected chi connectivity index (χ3v) is 4.65. The Kier molecular flexibility index (Phi) is 6.35. The van der Waals surface area contributed by atoms with Crippen LogP contribution in [0.3, 0.4) is 0 Å². The van der Waals surface area contributed by atoms with Gasteiger partial charge in [0.2, 0.25) is 0 Å². The monoisotopic (exact) mass is 266 g/mol. The topological polar surface area (TPSA) is 38.5 Å². The summed E-state index contributed by atoms with van der Waals surface area (Å²) in [6.45, 7) is 8.92. The van der Waals surface area contributed by atoms with E-state index >= 15 is 0 Å². The predicted molar refractivity (Wildman–Crippen MR) is 80.1 cm³/mol. The van der Waals surface area contributed by atoms with Crippen LogP contribution in [-0.2, 0) is 4.74 Å². The van der Waals surface area contributed by atoms with Crippen LogP contribution < -0.4 is 5.73 Å². The fourth-order valence-corrected chi connectivity index (χ4v) is 3.57. The van der Waals surface area contributed by atoms with E-state index in [0.29, 0.717) is 18.6 Å². The van der Waals surface area contributed by atoms with Gasteiger partial charge in [-0.2, -0.15) is 0 Å². The lowest BCUT2D eigenvalue weighted by molar-refractivity contribution is 0.0633. The summed E-state index contributed by atoms with van der Waals surface area (Å²) in [4.78, 5) is 2.63. The molecule has 1 aliphatic carbocycles. The first-order chi connectivity index (χ1) is 9.29. The molecule has 2 aliphatic rings. The summed E-state index contributed by atoms with van der Waals surface area (Å²) in [7, 11) is 0. The molecule has 0 aromatic rings. The van der Waals surface area contributed by atoms with Gasteiger partial charge in [-0.25, -0.2) is 0 Å². The minimum atomic E-state index is 0.436. The third kappa shape index (κ3) is 4.90. The summed E-state index contributed by atoms with van der Waals surface area (Å²) in [5, 5.41) is 0. The summed E-state index contributed by atoms with van der Waals surface area (Å²) < 4.78 is 5.61. The van der Waals surface area contributed by atoms with Crippen molar-refractivity contribution in [1.29, 1.82) is 0 Å². The molecule has 19 heavy (non-hydrogen) atoms. The van der Waals surface area contributed by atoms with Gasteiger partial charge in [-0.1, -0.05) is 18.9 Å². The fraction of sp³-hybridized carbons (Fsp3) is 0.875. The largest absolute Gasteiger partial charge is 0.377 e. The van der Waals surface area contributed by atoms with Gasteiger partial charge in [-0.3, -0.25) is 0 Å². The van der Waals surface area contributed by atoms with E-state index in [-0.39, 0.29) is 0 Å². The normalized spacial score (nSPS) is 33.2. The van der Waals surface area contributed by atoms with Crippen LogP contribution in [0.4, 0.5) is 0 Å². The van der Waals surface area contributed by atoms with Crippen molar-refractivity contribution in [3.8, 4) is 0 Å². The standard InChI is InChI=1S/C16H30N2O/c1-2-10-19-13-14-6-5-9-18(11-14)12-15-7-3-4-8-16(15)17/h2,14-16H,1,3-13,17H2/t14-,15-,16+/m0/s1. The van der Waals surface area contributed by atoms with Gasteiger partial charge in [-0.15, -0.1) is 6.58 Å². The van der Waals surface area contributed by atoms with Gasteiger partial charge >= 0.3 is 0 Å². The number of ether oxygens (including phenoxy) is 1. The van der Waals surface area contributed by atoms with Crippen LogP contribution in [0.25, 0.3) is 0 Å². The molecule has 2 N–H and O–H groups in total. The highest BCUT2D eigenvalue weighted by molar-refractivity contribution is 4.83. The van der Waals surface area contributed by atoms with Gasteiger partial charge in [0.05, 0.1) is 13.2 Å². The molecule has 0 amide bonds. The quantitative estimate of drug-likeness (QED) is 0.593. The van der Waals surface area contributed by atoms with Crippen LogP contribution in [0.15, 0.2) is 12.7 Å². The van der Waals surface area contributed by atoms with Crippen LogP contribution in [0.5, 0.6) is 0 Å². The highest BCUT2D eigenvalue weighted by Gasteiger charge is 2.27. The predicted octanol–water partition coefficient (Wildman–Crippen LogP) is 2.42. The minimum absolute atomic E-state index is 0.436. The Labute approximate surface area is 118 Å². The Morgan fingerprint density at radius 2 is 2.05 bits per heavy atom. The number of hydrogen-bond donors (Lipinski definition) is 1. The van der Waals surface area contributed by atoms with Crippen LogP contribution in [0.2, 0.25) is 0 Å². The highest BCUT2D eigenvalue weighted by atomic mass is 16.5. The van der Waals surface area contributed by atoms with Crippen LogP contribution in [0.1, 0.15) is 38.5 Å². The summed E-state index contributed by atoms with van der Waals surface area (Å²) in [5.74, 6) is 1.43. The van der Waals surface area contributed by atoms with E-state index in [1.54, 1.807) is 0 Å². The van der Waals surface area contributed by atoms with E-state index in [1.807, 2.05) is 6.08 Å². The molecule has 3 nitrogen and oxygen atoms in total. The molecule has 0 spiro atoms. The van der Waals surface area contributed by atoms with Crippen molar-refractivity contribution in [3.63, 3.8) is 0 Å². The van der Waals surface area contributed by atoms with Gasteiger partial charge in [-0.05, 0) is 44.1 Å². The second-order valence-electron chi connectivity index (χ2n) is 6.30. The first-order valence-corrected chi connectivity index (χ1v) is 7.96. The molecule has 3 heteroatoms. The SMILES string of the molecule is C=CCOC[C@H]1CCCN(C[C@@H]2CCCC[C@H]2N)C1. The van der Waals surface area contributed by atoms with Gasteiger partial charge in [0.25, 0.3) is 0 Å². The Bertz CT molecular complexity index is 269. The zero-order chi connectivity index (χ0) is 13.5. The van der Waals surface area contributed by atoms with Crippen LogP contribution in [0, 0.1) is 11.8 Å². The Balaban J connectivity index is 1.72. The van der Waals surface area contributed by atoms with Crippen molar-refractivity contribution in [2.24, 2.45) is 17.6 Å².